The molecule has 0 bridgehead atoms. The van der Waals surface area contributed by atoms with Crippen molar-refractivity contribution in [3.63, 3.8) is 0 Å². The van der Waals surface area contributed by atoms with Gasteiger partial charge in [-0.25, -0.2) is 4.79 Å². The smallest absolute Gasteiger partial charge is 0.410 e. The lowest BCUT2D eigenvalue weighted by molar-refractivity contribution is 0.00673. The Labute approximate surface area is 160 Å². The van der Waals surface area contributed by atoms with Crippen LogP contribution in [0, 0.1) is 11.8 Å². The van der Waals surface area contributed by atoms with E-state index in [-0.39, 0.29) is 37.2 Å². The molecule has 1 saturated carbocycles. The van der Waals surface area contributed by atoms with Crippen LogP contribution >= 0.6 is 12.4 Å². The summed E-state index contributed by atoms with van der Waals surface area (Å²) in [7, 11) is 0. The lowest BCUT2D eigenvalue weighted by Crippen LogP contribution is -2.46. The molecule has 5 nitrogen and oxygen atoms in total. The standard InChI is InChI=1S/C19H38N2O3.ClH/c1-14(2)11-12-21(18(23)24-19(3,4)5)16(13-22)7-6-8-17(20)15-9-10-15;/h14-17,22H,6-13,20H2,1-5H3;1H/t16-,17+;/m0./s1. The van der Waals surface area contributed by atoms with E-state index in [1.54, 1.807) is 4.90 Å². The number of nitrogens with zero attached hydrogens (tertiary/aromatic N) is 1. The molecule has 0 aromatic carbocycles. The van der Waals surface area contributed by atoms with Gasteiger partial charge in [0.25, 0.3) is 0 Å². The zero-order chi connectivity index (χ0) is 18.3. The van der Waals surface area contributed by atoms with E-state index in [4.69, 9.17) is 10.5 Å². The minimum atomic E-state index is -0.526. The van der Waals surface area contributed by atoms with E-state index in [1.807, 2.05) is 20.8 Å². The fourth-order valence-corrected chi connectivity index (χ4v) is 2.84. The first-order valence-corrected chi connectivity index (χ1v) is 9.50. The number of hydrogen-bond donors (Lipinski definition) is 2. The van der Waals surface area contributed by atoms with Gasteiger partial charge in [-0.2, -0.15) is 0 Å². The third-order valence-corrected chi connectivity index (χ3v) is 4.53. The molecule has 2 atom stereocenters. The molecule has 1 rings (SSSR count). The number of aliphatic hydroxyl groups excluding tert-OH is 1. The van der Waals surface area contributed by atoms with Gasteiger partial charge < -0.3 is 20.5 Å². The molecular formula is C19H39ClN2O3. The quantitative estimate of drug-likeness (QED) is 0.603. The van der Waals surface area contributed by atoms with Crippen LogP contribution in [-0.2, 0) is 4.74 Å². The van der Waals surface area contributed by atoms with Crippen molar-refractivity contribution in [3.05, 3.63) is 0 Å². The van der Waals surface area contributed by atoms with Gasteiger partial charge in [0.05, 0.1) is 12.6 Å². The van der Waals surface area contributed by atoms with Crippen molar-refractivity contribution < 1.29 is 14.6 Å². The average Bonchev–Trinajstić information content (AvgIpc) is 3.27. The number of hydrogen-bond acceptors (Lipinski definition) is 4. The Bertz CT molecular complexity index is 381. The first-order valence-electron chi connectivity index (χ1n) is 9.50. The van der Waals surface area contributed by atoms with Crippen LogP contribution in [0.5, 0.6) is 0 Å². The SMILES string of the molecule is CC(C)CCN(C(=O)OC(C)(C)C)[C@H](CO)CCC[C@@H](N)C1CC1.Cl. The fourth-order valence-electron chi connectivity index (χ4n) is 2.84. The Balaban J connectivity index is 0.00000576. The van der Waals surface area contributed by atoms with Gasteiger partial charge in [-0.05, 0) is 71.1 Å². The predicted octanol–water partition coefficient (Wildman–Crippen LogP) is 3.96. The first kappa shape index (κ1) is 24.5. The van der Waals surface area contributed by atoms with Crippen LogP contribution in [0.4, 0.5) is 4.79 Å². The maximum Gasteiger partial charge on any atom is 0.410 e. The molecule has 25 heavy (non-hydrogen) atoms. The van der Waals surface area contributed by atoms with E-state index in [0.717, 1.165) is 25.7 Å². The maximum atomic E-state index is 12.6. The lowest BCUT2D eigenvalue weighted by Gasteiger charge is -2.33. The molecule has 0 spiro atoms. The zero-order valence-corrected chi connectivity index (χ0v) is 17.5. The molecule has 0 aromatic rings. The van der Waals surface area contributed by atoms with Gasteiger partial charge in [0.1, 0.15) is 5.60 Å². The second-order valence-electron chi connectivity index (χ2n) is 8.62. The van der Waals surface area contributed by atoms with Gasteiger partial charge in [-0.3, -0.25) is 0 Å². The number of ether oxygens (including phenoxy) is 1. The third-order valence-electron chi connectivity index (χ3n) is 4.53. The molecule has 3 N–H and O–H groups in total. The van der Waals surface area contributed by atoms with Crippen molar-refractivity contribution in [2.75, 3.05) is 13.2 Å². The van der Waals surface area contributed by atoms with E-state index in [2.05, 4.69) is 13.8 Å². The highest BCUT2D eigenvalue weighted by Gasteiger charge is 2.30. The molecule has 0 saturated heterocycles. The number of carbonyl (C=O) groups is 1. The van der Waals surface area contributed by atoms with E-state index in [1.165, 1.54) is 12.8 Å². The van der Waals surface area contributed by atoms with Crippen molar-refractivity contribution in [1.82, 2.24) is 4.90 Å². The average molecular weight is 379 g/mol. The molecule has 0 aliphatic heterocycles. The van der Waals surface area contributed by atoms with Crippen LogP contribution in [0.2, 0.25) is 0 Å². The van der Waals surface area contributed by atoms with Crippen LogP contribution in [-0.4, -0.2) is 46.9 Å². The van der Waals surface area contributed by atoms with E-state index in [9.17, 15) is 9.90 Å². The minimum absolute atomic E-state index is 0. The van der Waals surface area contributed by atoms with Crippen LogP contribution in [0.1, 0.15) is 73.1 Å². The number of amides is 1. The van der Waals surface area contributed by atoms with E-state index in [0.29, 0.717) is 18.4 Å². The van der Waals surface area contributed by atoms with Crippen molar-refractivity contribution >= 4 is 18.5 Å². The fraction of sp³-hybridized carbons (Fsp3) is 0.947. The summed E-state index contributed by atoms with van der Waals surface area (Å²) in [4.78, 5) is 14.3. The topological polar surface area (TPSA) is 75.8 Å². The Morgan fingerprint density at radius 1 is 1.24 bits per heavy atom. The summed E-state index contributed by atoms with van der Waals surface area (Å²) in [6.07, 6.45) is 5.75. The highest BCUT2D eigenvalue weighted by Crippen LogP contribution is 2.33. The Hall–Kier alpha value is -0.520. The Morgan fingerprint density at radius 3 is 2.28 bits per heavy atom. The monoisotopic (exact) mass is 378 g/mol. The molecule has 0 unspecified atom stereocenters. The number of halogens is 1. The summed E-state index contributed by atoms with van der Waals surface area (Å²) >= 11 is 0. The molecule has 1 aliphatic rings. The molecule has 1 fully saturated rings. The second-order valence-corrected chi connectivity index (χ2v) is 8.62. The first-order chi connectivity index (χ1) is 11.1. The van der Waals surface area contributed by atoms with Crippen LogP contribution in [0.15, 0.2) is 0 Å². The largest absolute Gasteiger partial charge is 0.444 e. The Kier molecular flexibility index (Phi) is 11.0. The summed E-state index contributed by atoms with van der Waals surface area (Å²) < 4.78 is 5.54. The summed E-state index contributed by atoms with van der Waals surface area (Å²) in [6.45, 7) is 10.5. The van der Waals surface area contributed by atoms with E-state index < -0.39 is 5.60 Å². The lowest BCUT2D eigenvalue weighted by atomic mass is 10.0. The maximum absolute atomic E-state index is 12.6. The summed E-state index contributed by atoms with van der Waals surface area (Å²) in [5, 5.41) is 9.81. The van der Waals surface area contributed by atoms with Crippen LogP contribution in [0.3, 0.4) is 0 Å². The number of rotatable bonds is 10. The summed E-state index contributed by atoms with van der Waals surface area (Å²) in [5.74, 6) is 1.19. The zero-order valence-electron chi connectivity index (χ0n) is 16.7. The van der Waals surface area contributed by atoms with E-state index >= 15 is 0 Å². The van der Waals surface area contributed by atoms with Crippen molar-refractivity contribution in [3.8, 4) is 0 Å². The summed E-state index contributed by atoms with van der Waals surface area (Å²) in [5.41, 5.74) is 5.63. The number of nitrogens with two attached hydrogens (primary N) is 1. The third kappa shape index (κ3) is 10.3. The van der Waals surface area contributed by atoms with Crippen LogP contribution < -0.4 is 5.73 Å². The van der Waals surface area contributed by atoms with Gasteiger partial charge in [0.2, 0.25) is 0 Å². The normalized spacial score (nSPS) is 17.0. The predicted molar refractivity (Wildman–Crippen MR) is 105 cm³/mol. The highest BCUT2D eigenvalue weighted by atomic mass is 35.5. The second kappa shape index (κ2) is 11.2. The highest BCUT2D eigenvalue weighted by molar-refractivity contribution is 5.85. The van der Waals surface area contributed by atoms with Gasteiger partial charge >= 0.3 is 6.09 Å². The van der Waals surface area contributed by atoms with Crippen molar-refractivity contribution in [2.24, 2.45) is 17.6 Å². The number of aliphatic hydroxyl groups is 1. The van der Waals surface area contributed by atoms with Crippen LogP contribution in [0.25, 0.3) is 0 Å². The molecule has 1 aliphatic carbocycles. The molecule has 0 heterocycles. The van der Waals surface area contributed by atoms with Crippen molar-refractivity contribution in [2.45, 2.75) is 90.8 Å². The molecule has 0 aromatic heterocycles. The molecule has 6 heteroatoms. The van der Waals surface area contributed by atoms with Gasteiger partial charge in [0.15, 0.2) is 0 Å². The molecular weight excluding hydrogens is 340 g/mol. The van der Waals surface area contributed by atoms with Gasteiger partial charge in [-0.15, -0.1) is 12.4 Å². The number of carbonyl (C=O) groups excluding carboxylic acids is 1. The molecule has 150 valence electrons. The van der Waals surface area contributed by atoms with Crippen molar-refractivity contribution in [1.29, 1.82) is 0 Å². The summed E-state index contributed by atoms with van der Waals surface area (Å²) in [6, 6.07) is 0.0833. The molecule has 1 amide bonds. The minimum Gasteiger partial charge on any atom is -0.444 e. The van der Waals surface area contributed by atoms with Gasteiger partial charge in [0, 0.05) is 12.6 Å². The molecule has 0 radical (unpaired) electrons. The van der Waals surface area contributed by atoms with Gasteiger partial charge in [-0.1, -0.05) is 13.8 Å². The Morgan fingerprint density at radius 2 is 1.84 bits per heavy atom.